The highest BCUT2D eigenvalue weighted by molar-refractivity contribution is 6.43. The summed E-state index contributed by atoms with van der Waals surface area (Å²) in [5.41, 5.74) is 3.15. The predicted octanol–water partition coefficient (Wildman–Crippen LogP) is 4.21. The third-order valence-electron chi connectivity index (χ3n) is 3.94. The molecule has 2 amide bonds. The first-order chi connectivity index (χ1) is 13.5. The van der Waals surface area contributed by atoms with Gasteiger partial charge in [-0.25, -0.2) is 0 Å². The highest BCUT2D eigenvalue weighted by Crippen LogP contribution is 2.18. The minimum absolute atomic E-state index is 0.121. The molecule has 6 nitrogen and oxygen atoms in total. The van der Waals surface area contributed by atoms with Gasteiger partial charge >= 0.3 is 11.8 Å². The van der Waals surface area contributed by atoms with Gasteiger partial charge in [-0.1, -0.05) is 30.3 Å². The topological polar surface area (TPSA) is 87.3 Å². The van der Waals surface area contributed by atoms with Gasteiger partial charge in [-0.15, -0.1) is 0 Å². The zero-order chi connectivity index (χ0) is 19.9. The number of benzene rings is 3. The molecule has 0 unspecified atom stereocenters. The smallest absolute Gasteiger partial charge is 0.314 e. The lowest BCUT2D eigenvalue weighted by atomic mass is 10.1. The van der Waals surface area contributed by atoms with Crippen molar-refractivity contribution in [2.24, 2.45) is 0 Å². The summed E-state index contributed by atoms with van der Waals surface area (Å²) in [5.74, 6) is -1.73. The lowest BCUT2D eigenvalue weighted by molar-refractivity contribution is -0.132. The van der Waals surface area contributed by atoms with Crippen LogP contribution < -0.4 is 16.0 Å². The minimum Gasteiger partial charge on any atom is -0.356 e. The van der Waals surface area contributed by atoms with Crippen LogP contribution in [0.15, 0.2) is 78.9 Å². The largest absolute Gasteiger partial charge is 0.356 e. The fourth-order valence-corrected chi connectivity index (χ4v) is 2.52. The number of para-hydroxylation sites is 1. The summed E-state index contributed by atoms with van der Waals surface area (Å²) >= 11 is 0. The summed E-state index contributed by atoms with van der Waals surface area (Å²) in [6.45, 7) is 1.43. The molecule has 0 atom stereocenters. The molecule has 0 heterocycles. The van der Waals surface area contributed by atoms with Gasteiger partial charge in [0.05, 0.1) is 0 Å². The number of hydrogen-bond acceptors (Lipinski definition) is 4. The summed E-state index contributed by atoms with van der Waals surface area (Å²) in [4.78, 5) is 35.6. The van der Waals surface area contributed by atoms with Crippen molar-refractivity contribution < 1.29 is 14.4 Å². The van der Waals surface area contributed by atoms with E-state index in [1.165, 1.54) is 13.0 Å². The summed E-state index contributed by atoms with van der Waals surface area (Å²) in [5, 5.41) is 8.27. The van der Waals surface area contributed by atoms with Gasteiger partial charge in [0.1, 0.15) is 0 Å². The molecule has 0 fully saturated rings. The lowest BCUT2D eigenvalue weighted by Crippen LogP contribution is -2.29. The van der Waals surface area contributed by atoms with E-state index in [0.717, 1.165) is 11.4 Å². The third kappa shape index (κ3) is 5.04. The second-order valence-corrected chi connectivity index (χ2v) is 6.11. The molecule has 0 bridgehead atoms. The second kappa shape index (κ2) is 8.64. The predicted molar refractivity (Wildman–Crippen MR) is 110 cm³/mol. The maximum Gasteiger partial charge on any atom is 0.314 e. The van der Waals surface area contributed by atoms with E-state index in [9.17, 15) is 14.4 Å². The van der Waals surface area contributed by atoms with Crippen LogP contribution >= 0.6 is 0 Å². The number of hydrogen-bond donors (Lipinski definition) is 3. The van der Waals surface area contributed by atoms with E-state index in [1.54, 1.807) is 42.5 Å². The Bertz CT molecular complexity index is 999. The highest BCUT2D eigenvalue weighted by Gasteiger charge is 2.14. The van der Waals surface area contributed by atoms with Gasteiger partial charge in [-0.05, 0) is 55.5 Å². The van der Waals surface area contributed by atoms with Gasteiger partial charge in [0.2, 0.25) is 0 Å². The van der Waals surface area contributed by atoms with Crippen LogP contribution in [0.25, 0.3) is 0 Å². The van der Waals surface area contributed by atoms with E-state index >= 15 is 0 Å². The number of nitrogens with one attached hydrogen (secondary N) is 3. The van der Waals surface area contributed by atoms with Gasteiger partial charge < -0.3 is 16.0 Å². The molecule has 3 rings (SSSR count). The van der Waals surface area contributed by atoms with Crippen molar-refractivity contribution in [3.8, 4) is 0 Å². The first-order valence-electron chi connectivity index (χ1n) is 8.67. The van der Waals surface area contributed by atoms with Crippen molar-refractivity contribution in [1.29, 1.82) is 0 Å². The fourth-order valence-electron chi connectivity index (χ4n) is 2.52. The lowest BCUT2D eigenvalue weighted by Gasteiger charge is -2.09. The van der Waals surface area contributed by atoms with Crippen LogP contribution in [-0.2, 0) is 9.59 Å². The van der Waals surface area contributed by atoms with Crippen molar-refractivity contribution in [1.82, 2.24) is 0 Å². The molecule has 0 aromatic heterocycles. The first kappa shape index (κ1) is 18.8. The number of carbonyl (C=O) groups excluding carboxylic acids is 3. The maximum absolute atomic E-state index is 12.1. The molecule has 3 N–H and O–H groups in total. The Morgan fingerprint density at radius 2 is 1.14 bits per heavy atom. The number of ketones is 1. The van der Waals surface area contributed by atoms with Crippen molar-refractivity contribution >= 4 is 40.3 Å². The van der Waals surface area contributed by atoms with Crippen molar-refractivity contribution in [2.75, 3.05) is 16.0 Å². The second-order valence-electron chi connectivity index (χ2n) is 6.11. The average Bonchev–Trinajstić information content (AvgIpc) is 2.70. The Kier molecular flexibility index (Phi) is 5.81. The van der Waals surface area contributed by atoms with Gasteiger partial charge in [-0.3, -0.25) is 14.4 Å². The van der Waals surface area contributed by atoms with E-state index < -0.39 is 11.8 Å². The fraction of sp³-hybridized carbons (Fsp3) is 0.0455. The van der Waals surface area contributed by atoms with Crippen LogP contribution in [0, 0.1) is 0 Å². The molecule has 0 spiro atoms. The molecule has 0 aliphatic heterocycles. The first-order valence-corrected chi connectivity index (χ1v) is 8.67. The summed E-state index contributed by atoms with van der Waals surface area (Å²) in [6.07, 6.45) is 0. The van der Waals surface area contributed by atoms with Crippen LogP contribution in [0.1, 0.15) is 17.3 Å². The van der Waals surface area contributed by atoms with Crippen molar-refractivity contribution in [3.05, 3.63) is 84.4 Å². The van der Waals surface area contributed by atoms with Crippen LogP contribution in [0.5, 0.6) is 0 Å². The molecule has 3 aromatic rings. The Labute approximate surface area is 162 Å². The zero-order valence-electron chi connectivity index (χ0n) is 15.2. The van der Waals surface area contributed by atoms with Crippen molar-refractivity contribution in [2.45, 2.75) is 6.92 Å². The van der Waals surface area contributed by atoms with Crippen LogP contribution in [0.2, 0.25) is 0 Å². The van der Waals surface area contributed by atoms with E-state index in [2.05, 4.69) is 16.0 Å². The normalized spacial score (nSPS) is 10.0. The van der Waals surface area contributed by atoms with Crippen LogP contribution in [-0.4, -0.2) is 17.6 Å². The molecular weight excluding hydrogens is 354 g/mol. The molecule has 0 radical (unpaired) electrons. The average molecular weight is 373 g/mol. The van der Waals surface area contributed by atoms with Gasteiger partial charge in [0.25, 0.3) is 0 Å². The Morgan fingerprint density at radius 1 is 0.607 bits per heavy atom. The molecular formula is C22H19N3O3. The molecule has 140 valence electrons. The van der Waals surface area contributed by atoms with Gasteiger partial charge in [0, 0.05) is 28.3 Å². The minimum atomic E-state index is -0.813. The Balaban J connectivity index is 1.58. The quantitative estimate of drug-likeness (QED) is 0.462. The molecule has 0 aliphatic carbocycles. The Morgan fingerprint density at radius 3 is 1.79 bits per heavy atom. The monoisotopic (exact) mass is 373 g/mol. The summed E-state index contributed by atoms with van der Waals surface area (Å²) < 4.78 is 0. The molecule has 0 aliphatic rings. The van der Waals surface area contributed by atoms with Gasteiger partial charge in [-0.2, -0.15) is 0 Å². The third-order valence-corrected chi connectivity index (χ3v) is 3.94. The van der Waals surface area contributed by atoms with Crippen LogP contribution in [0.3, 0.4) is 0 Å². The maximum atomic E-state index is 12.1. The zero-order valence-corrected chi connectivity index (χ0v) is 15.2. The number of carbonyl (C=O) groups is 3. The molecule has 0 saturated carbocycles. The SMILES string of the molecule is CC(=O)c1cccc(NC(=O)C(=O)Nc2ccc(Nc3ccccc3)cc2)c1. The number of anilines is 4. The van der Waals surface area contributed by atoms with Crippen LogP contribution in [0.4, 0.5) is 22.7 Å². The van der Waals surface area contributed by atoms with Crippen molar-refractivity contribution in [3.63, 3.8) is 0 Å². The van der Waals surface area contributed by atoms with E-state index in [-0.39, 0.29) is 5.78 Å². The summed E-state index contributed by atoms with van der Waals surface area (Å²) in [6, 6.07) is 23.1. The van der Waals surface area contributed by atoms with Gasteiger partial charge in [0.15, 0.2) is 5.78 Å². The van der Waals surface area contributed by atoms with E-state index in [0.29, 0.717) is 16.9 Å². The molecule has 28 heavy (non-hydrogen) atoms. The molecule has 6 heteroatoms. The van der Waals surface area contributed by atoms with E-state index in [4.69, 9.17) is 0 Å². The Hall–Kier alpha value is -3.93. The number of Topliss-reactive ketones (excluding diaryl/α,β-unsaturated/α-hetero) is 1. The number of rotatable bonds is 5. The molecule has 3 aromatic carbocycles. The highest BCUT2D eigenvalue weighted by atomic mass is 16.2. The van der Waals surface area contributed by atoms with E-state index in [1.807, 2.05) is 30.3 Å². The molecule has 0 saturated heterocycles. The standard InChI is InChI=1S/C22H19N3O3/c1-15(26)16-6-5-9-20(14-16)25-22(28)21(27)24-19-12-10-18(11-13-19)23-17-7-3-2-4-8-17/h2-14,23H,1H3,(H,24,27)(H,25,28). The summed E-state index contributed by atoms with van der Waals surface area (Å²) in [7, 11) is 0. The number of amides is 2.